The van der Waals surface area contributed by atoms with E-state index in [4.69, 9.17) is 0 Å². The molecule has 4 rings (SSSR count). The van der Waals surface area contributed by atoms with E-state index in [2.05, 4.69) is 20.0 Å². The number of rotatable bonds is 2. The van der Waals surface area contributed by atoms with Crippen molar-refractivity contribution in [3.63, 3.8) is 0 Å². The highest BCUT2D eigenvalue weighted by atomic mass is 32.1. The molecule has 0 N–H and O–H groups in total. The summed E-state index contributed by atoms with van der Waals surface area (Å²) in [4.78, 5) is 25.3. The fraction of sp³-hybridized carbons (Fsp3) is 0.375. The molecule has 0 aliphatic carbocycles. The first-order valence-corrected chi connectivity index (χ1v) is 8.90. The first-order valence-electron chi connectivity index (χ1n) is 7.96. The second kappa shape index (κ2) is 6.20. The summed E-state index contributed by atoms with van der Waals surface area (Å²) < 4.78 is 1.77. The van der Waals surface area contributed by atoms with Crippen molar-refractivity contribution in [2.75, 3.05) is 31.1 Å². The molecular weight excluding hydrogens is 324 g/mol. The van der Waals surface area contributed by atoms with Crippen LogP contribution in [0.5, 0.6) is 0 Å². The van der Waals surface area contributed by atoms with Gasteiger partial charge < -0.3 is 9.80 Å². The standard InChI is InChI=1S/C16H18N6OS/c1-12-9-14(22-16(19-12)17-11-18-22)20-4-2-5-21(7-6-20)15(23)13-3-8-24-10-13/h3,8-11H,2,4-7H2,1H3. The Balaban J connectivity index is 1.56. The second-order valence-corrected chi connectivity index (χ2v) is 6.65. The molecule has 0 unspecified atom stereocenters. The Bertz CT molecular complexity index is 859. The normalized spacial score (nSPS) is 15.7. The zero-order valence-electron chi connectivity index (χ0n) is 13.4. The van der Waals surface area contributed by atoms with Gasteiger partial charge in [0, 0.05) is 43.3 Å². The fourth-order valence-electron chi connectivity index (χ4n) is 3.05. The van der Waals surface area contributed by atoms with Gasteiger partial charge in [-0.2, -0.15) is 25.9 Å². The number of hydrogen-bond acceptors (Lipinski definition) is 6. The smallest absolute Gasteiger partial charge is 0.254 e. The molecule has 0 bridgehead atoms. The number of carbonyl (C=O) groups excluding carboxylic acids is 1. The molecular formula is C16H18N6OS. The Morgan fingerprint density at radius 3 is 3.00 bits per heavy atom. The minimum Gasteiger partial charge on any atom is -0.355 e. The Morgan fingerprint density at radius 1 is 1.25 bits per heavy atom. The highest BCUT2D eigenvalue weighted by Crippen LogP contribution is 2.19. The number of aromatic nitrogens is 4. The number of anilines is 1. The lowest BCUT2D eigenvalue weighted by atomic mass is 10.3. The van der Waals surface area contributed by atoms with E-state index in [1.165, 1.54) is 6.33 Å². The number of amides is 1. The number of aryl methyl sites for hydroxylation is 1. The molecule has 1 aliphatic heterocycles. The van der Waals surface area contributed by atoms with Gasteiger partial charge >= 0.3 is 0 Å². The average Bonchev–Trinajstić information content (AvgIpc) is 3.20. The summed E-state index contributed by atoms with van der Waals surface area (Å²) in [7, 11) is 0. The molecule has 1 fully saturated rings. The second-order valence-electron chi connectivity index (χ2n) is 5.87. The highest BCUT2D eigenvalue weighted by molar-refractivity contribution is 7.08. The van der Waals surface area contributed by atoms with Gasteiger partial charge in [-0.15, -0.1) is 0 Å². The maximum absolute atomic E-state index is 12.6. The van der Waals surface area contributed by atoms with Crippen LogP contribution >= 0.6 is 11.3 Å². The van der Waals surface area contributed by atoms with Crippen LogP contribution in [0.1, 0.15) is 22.5 Å². The van der Waals surface area contributed by atoms with E-state index in [1.807, 2.05) is 34.7 Å². The lowest BCUT2D eigenvalue weighted by Crippen LogP contribution is -2.35. The zero-order chi connectivity index (χ0) is 16.5. The summed E-state index contributed by atoms with van der Waals surface area (Å²) in [5.41, 5.74) is 1.70. The minimum atomic E-state index is 0.120. The number of carbonyl (C=O) groups is 1. The van der Waals surface area contributed by atoms with Crippen LogP contribution in [-0.2, 0) is 0 Å². The number of hydrogen-bond donors (Lipinski definition) is 0. The lowest BCUT2D eigenvalue weighted by Gasteiger charge is -2.24. The summed E-state index contributed by atoms with van der Waals surface area (Å²) in [6, 6.07) is 3.92. The van der Waals surface area contributed by atoms with Gasteiger partial charge in [-0.3, -0.25) is 4.79 Å². The molecule has 0 spiro atoms. The van der Waals surface area contributed by atoms with Crippen LogP contribution < -0.4 is 4.90 Å². The van der Waals surface area contributed by atoms with Crippen molar-refractivity contribution in [1.82, 2.24) is 24.5 Å². The topological polar surface area (TPSA) is 66.6 Å². The van der Waals surface area contributed by atoms with Gasteiger partial charge in [0.05, 0.1) is 5.56 Å². The number of thiophene rings is 1. The van der Waals surface area contributed by atoms with E-state index in [0.29, 0.717) is 12.3 Å². The van der Waals surface area contributed by atoms with E-state index in [9.17, 15) is 4.79 Å². The number of nitrogens with zero attached hydrogens (tertiary/aromatic N) is 6. The highest BCUT2D eigenvalue weighted by Gasteiger charge is 2.22. The zero-order valence-corrected chi connectivity index (χ0v) is 14.2. The third-order valence-electron chi connectivity index (χ3n) is 4.24. The van der Waals surface area contributed by atoms with Crippen molar-refractivity contribution < 1.29 is 4.79 Å². The van der Waals surface area contributed by atoms with Crippen LogP contribution in [0.3, 0.4) is 0 Å². The van der Waals surface area contributed by atoms with Gasteiger partial charge in [0.25, 0.3) is 11.7 Å². The van der Waals surface area contributed by atoms with Gasteiger partial charge in [-0.05, 0) is 24.8 Å². The summed E-state index contributed by atoms with van der Waals surface area (Å²) in [6.07, 6.45) is 2.45. The molecule has 4 heterocycles. The van der Waals surface area contributed by atoms with E-state index >= 15 is 0 Å². The first-order chi connectivity index (χ1) is 11.7. The van der Waals surface area contributed by atoms with E-state index in [1.54, 1.807) is 15.9 Å². The molecule has 0 saturated carbocycles. The van der Waals surface area contributed by atoms with E-state index < -0.39 is 0 Å². The van der Waals surface area contributed by atoms with Crippen molar-refractivity contribution in [2.24, 2.45) is 0 Å². The van der Waals surface area contributed by atoms with Crippen LogP contribution in [0.15, 0.2) is 29.2 Å². The van der Waals surface area contributed by atoms with Crippen molar-refractivity contribution in [3.05, 3.63) is 40.5 Å². The minimum absolute atomic E-state index is 0.120. The SMILES string of the molecule is Cc1cc(N2CCCN(C(=O)c3ccsc3)CC2)n2ncnc2n1. The molecule has 0 radical (unpaired) electrons. The molecule has 0 aromatic carbocycles. The molecule has 24 heavy (non-hydrogen) atoms. The van der Waals surface area contributed by atoms with E-state index in [0.717, 1.165) is 43.1 Å². The summed E-state index contributed by atoms with van der Waals surface area (Å²) in [5, 5.41) is 8.14. The van der Waals surface area contributed by atoms with Crippen LogP contribution in [-0.4, -0.2) is 56.6 Å². The Labute approximate surface area is 143 Å². The maximum atomic E-state index is 12.6. The molecule has 1 saturated heterocycles. The Hall–Kier alpha value is -2.48. The largest absolute Gasteiger partial charge is 0.355 e. The third kappa shape index (κ3) is 2.73. The predicted octanol–water partition coefficient (Wildman–Crippen LogP) is 1.85. The molecule has 0 atom stereocenters. The molecule has 124 valence electrons. The average molecular weight is 342 g/mol. The molecule has 8 heteroatoms. The lowest BCUT2D eigenvalue weighted by molar-refractivity contribution is 0.0767. The van der Waals surface area contributed by atoms with Crippen molar-refractivity contribution in [1.29, 1.82) is 0 Å². The van der Waals surface area contributed by atoms with Crippen LogP contribution in [0.2, 0.25) is 0 Å². The summed E-state index contributed by atoms with van der Waals surface area (Å²) >= 11 is 1.56. The first kappa shape index (κ1) is 15.1. The summed E-state index contributed by atoms with van der Waals surface area (Å²) in [5.74, 6) is 1.72. The van der Waals surface area contributed by atoms with Crippen molar-refractivity contribution in [2.45, 2.75) is 13.3 Å². The Morgan fingerprint density at radius 2 is 2.17 bits per heavy atom. The molecule has 3 aromatic heterocycles. The summed E-state index contributed by atoms with van der Waals surface area (Å²) in [6.45, 7) is 5.09. The quantitative estimate of drug-likeness (QED) is 0.711. The maximum Gasteiger partial charge on any atom is 0.254 e. The van der Waals surface area contributed by atoms with Crippen LogP contribution in [0.25, 0.3) is 5.78 Å². The Kier molecular flexibility index (Phi) is 3.89. The fourth-order valence-corrected chi connectivity index (χ4v) is 3.68. The van der Waals surface area contributed by atoms with Crippen LogP contribution in [0, 0.1) is 6.92 Å². The van der Waals surface area contributed by atoms with Gasteiger partial charge in [-0.25, -0.2) is 4.98 Å². The van der Waals surface area contributed by atoms with Gasteiger partial charge in [-0.1, -0.05) is 0 Å². The molecule has 1 aliphatic rings. The number of fused-ring (bicyclic) bond motifs is 1. The predicted molar refractivity (Wildman–Crippen MR) is 92.6 cm³/mol. The van der Waals surface area contributed by atoms with Gasteiger partial charge in [0.15, 0.2) is 0 Å². The monoisotopic (exact) mass is 342 g/mol. The van der Waals surface area contributed by atoms with Crippen LogP contribution in [0.4, 0.5) is 5.82 Å². The van der Waals surface area contributed by atoms with E-state index in [-0.39, 0.29) is 5.91 Å². The molecule has 7 nitrogen and oxygen atoms in total. The van der Waals surface area contributed by atoms with Crippen molar-refractivity contribution >= 4 is 28.8 Å². The van der Waals surface area contributed by atoms with Gasteiger partial charge in [0.2, 0.25) is 0 Å². The van der Waals surface area contributed by atoms with Crippen molar-refractivity contribution in [3.8, 4) is 0 Å². The molecule has 3 aromatic rings. The van der Waals surface area contributed by atoms with Gasteiger partial charge in [0.1, 0.15) is 12.1 Å². The molecule has 1 amide bonds. The third-order valence-corrected chi connectivity index (χ3v) is 4.92.